The average molecular weight is 319 g/mol. The summed E-state index contributed by atoms with van der Waals surface area (Å²) < 4.78 is 5.71. The molecule has 0 aliphatic heterocycles. The number of benzene rings is 1. The lowest BCUT2D eigenvalue weighted by Gasteiger charge is -2.16. The standard InChI is InChI=1S/C16H21N3O4/c1-16(2,3)14-18-11-9-10(5-6-12(11)23-14)17-15(22)19(4)8-7-13(20)21/h5-6,9H,7-8H2,1-4H3,(H,17,22)(H,20,21). The second kappa shape index (κ2) is 6.28. The normalized spacial score (nSPS) is 11.5. The summed E-state index contributed by atoms with van der Waals surface area (Å²) in [5.41, 5.74) is 1.71. The highest BCUT2D eigenvalue weighted by atomic mass is 16.4. The molecule has 0 aliphatic carbocycles. The predicted octanol–water partition coefficient (Wildman–Crippen LogP) is 3.06. The number of carboxylic acid groups (broad SMARTS) is 1. The molecule has 23 heavy (non-hydrogen) atoms. The topological polar surface area (TPSA) is 95.7 Å². The summed E-state index contributed by atoms with van der Waals surface area (Å²) in [6.45, 7) is 6.18. The van der Waals surface area contributed by atoms with Crippen LogP contribution in [0, 0.1) is 0 Å². The zero-order valence-corrected chi connectivity index (χ0v) is 13.7. The molecule has 2 N–H and O–H groups in total. The van der Waals surface area contributed by atoms with E-state index in [1.807, 2.05) is 20.8 Å². The van der Waals surface area contributed by atoms with E-state index in [0.29, 0.717) is 22.7 Å². The second-order valence-electron chi connectivity index (χ2n) is 6.45. The lowest BCUT2D eigenvalue weighted by atomic mass is 9.97. The van der Waals surface area contributed by atoms with E-state index in [2.05, 4.69) is 10.3 Å². The zero-order valence-electron chi connectivity index (χ0n) is 13.7. The van der Waals surface area contributed by atoms with Crippen molar-refractivity contribution in [2.24, 2.45) is 0 Å². The Labute approximate surface area is 134 Å². The maximum Gasteiger partial charge on any atom is 0.321 e. The summed E-state index contributed by atoms with van der Waals surface area (Å²) in [7, 11) is 1.55. The van der Waals surface area contributed by atoms with E-state index in [4.69, 9.17) is 9.52 Å². The van der Waals surface area contributed by atoms with E-state index in [1.54, 1.807) is 25.2 Å². The van der Waals surface area contributed by atoms with Crippen molar-refractivity contribution < 1.29 is 19.1 Å². The summed E-state index contributed by atoms with van der Waals surface area (Å²) in [6.07, 6.45) is -0.0960. The van der Waals surface area contributed by atoms with Crippen LogP contribution in [-0.4, -0.2) is 40.6 Å². The van der Waals surface area contributed by atoms with E-state index in [0.717, 1.165) is 0 Å². The van der Waals surface area contributed by atoms with Crippen LogP contribution in [-0.2, 0) is 10.2 Å². The molecule has 0 radical (unpaired) electrons. The van der Waals surface area contributed by atoms with Gasteiger partial charge in [-0.25, -0.2) is 9.78 Å². The Morgan fingerprint density at radius 3 is 2.65 bits per heavy atom. The Balaban J connectivity index is 2.11. The van der Waals surface area contributed by atoms with E-state index < -0.39 is 5.97 Å². The van der Waals surface area contributed by atoms with Gasteiger partial charge in [-0.05, 0) is 18.2 Å². The first-order chi connectivity index (χ1) is 10.7. The molecule has 0 spiro atoms. The number of aromatic nitrogens is 1. The molecule has 2 aromatic rings. The van der Waals surface area contributed by atoms with Crippen molar-refractivity contribution in [2.75, 3.05) is 18.9 Å². The largest absolute Gasteiger partial charge is 0.481 e. The summed E-state index contributed by atoms with van der Waals surface area (Å²) >= 11 is 0. The van der Waals surface area contributed by atoms with E-state index in [-0.39, 0.29) is 24.4 Å². The zero-order chi connectivity index (χ0) is 17.2. The molecule has 0 aliphatic rings. The fraction of sp³-hybridized carbons (Fsp3) is 0.438. The van der Waals surface area contributed by atoms with Crippen molar-refractivity contribution in [1.82, 2.24) is 9.88 Å². The maximum atomic E-state index is 12.0. The van der Waals surface area contributed by atoms with E-state index in [1.165, 1.54) is 4.90 Å². The minimum atomic E-state index is -0.941. The van der Waals surface area contributed by atoms with Gasteiger partial charge in [0.05, 0.1) is 6.42 Å². The number of hydrogen-bond donors (Lipinski definition) is 2. The molecule has 124 valence electrons. The number of aliphatic carboxylic acids is 1. The fourth-order valence-electron chi connectivity index (χ4n) is 1.91. The number of nitrogens with zero attached hydrogens (tertiary/aromatic N) is 2. The molecule has 1 heterocycles. The molecule has 2 amide bonds. The number of rotatable bonds is 4. The third-order valence-electron chi connectivity index (χ3n) is 3.29. The van der Waals surface area contributed by atoms with Crippen molar-refractivity contribution in [1.29, 1.82) is 0 Å². The van der Waals surface area contributed by atoms with Gasteiger partial charge in [0.1, 0.15) is 5.52 Å². The average Bonchev–Trinajstić information content (AvgIpc) is 2.87. The number of amides is 2. The Morgan fingerprint density at radius 2 is 2.04 bits per heavy atom. The van der Waals surface area contributed by atoms with Gasteiger partial charge in [-0.1, -0.05) is 20.8 Å². The Kier molecular flexibility index (Phi) is 4.58. The number of fused-ring (bicyclic) bond motifs is 1. The van der Waals surface area contributed by atoms with Crippen LogP contribution in [0.15, 0.2) is 22.6 Å². The monoisotopic (exact) mass is 319 g/mol. The number of carbonyl (C=O) groups is 2. The van der Waals surface area contributed by atoms with Gasteiger partial charge in [-0.15, -0.1) is 0 Å². The lowest BCUT2D eigenvalue weighted by molar-refractivity contribution is -0.137. The highest BCUT2D eigenvalue weighted by molar-refractivity contribution is 5.91. The number of carbonyl (C=O) groups excluding carboxylic acids is 1. The van der Waals surface area contributed by atoms with Gasteiger partial charge in [0.15, 0.2) is 5.58 Å². The second-order valence-corrected chi connectivity index (χ2v) is 6.45. The van der Waals surface area contributed by atoms with Crippen LogP contribution in [0.5, 0.6) is 0 Å². The third kappa shape index (κ3) is 4.21. The molecule has 7 heteroatoms. The molecule has 2 rings (SSSR count). The predicted molar refractivity (Wildman–Crippen MR) is 86.6 cm³/mol. The third-order valence-corrected chi connectivity index (χ3v) is 3.29. The van der Waals surface area contributed by atoms with Crippen molar-refractivity contribution >= 4 is 28.8 Å². The minimum absolute atomic E-state index is 0.0960. The van der Waals surface area contributed by atoms with E-state index >= 15 is 0 Å². The number of carboxylic acids is 1. The quantitative estimate of drug-likeness (QED) is 0.903. The van der Waals surface area contributed by atoms with Crippen molar-refractivity contribution in [2.45, 2.75) is 32.6 Å². The maximum absolute atomic E-state index is 12.0. The number of urea groups is 1. The first kappa shape index (κ1) is 16.8. The number of hydrogen-bond acceptors (Lipinski definition) is 4. The van der Waals surface area contributed by atoms with Crippen LogP contribution in [0.25, 0.3) is 11.1 Å². The Hall–Kier alpha value is -2.57. The van der Waals surface area contributed by atoms with E-state index in [9.17, 15) is 9.59 Å². The molecule has 1 aromatic carbocycles. The van der Waals surface area contributed by atoms with Crippen LogP contribution in [0.2, 0.25) is 0 Å². The van der Waals surface area contributed by atoms with Crippen molar-refractivity contribution in [3.05, 3.63) is 24.1 Å². The molecule has 0 bridgehead atoms. The summed E-state index contributed by atoms with van der Waals surface area (Å²) in [4.78, 5) is 28.3. The molecule has 7 nitrogen and oxygen atoms in total. The van der Waals surface area contributed by atoms with Crippen LogP contribution < -0.4 is 5.32 Å². The molecule has 0 saturated heterocycles. The van der Waals surface area contributed by atoms with Crippen LogP contribution in [0.1, 0.15) is 33.1 Å². The Morgan fingerprint density at radius 1 is 1.35 bits per heavy atom. The molecule has 1 aromatic heterocycles. The highest BCUT2D eigenvalue weighted by Crippen LogP contribution is 2.27. The highest BCUT2D eigenvalue weighted by Gasteiger charge is 2.21. The SMILES string of the molecule is CN(CCC(=O)O)C(=O)Nc1ccc2oc(C(C)(C)C)nc2c1. The Bertz CT molecular complexity index is 730. The van der Waals surface area contributed by atoms with Crippen LogP contribution in [0.4, 0.5) is 10.5 Å². The molecular formula is C16H21N3O4. The number of nitrogens with one attached hydrogen (secondary N) is 1. The van der Waals surface area contributed by atoms with Gasteiger partial charge in [-0.3, -0.25) is 4.79 Å². The molecule has 0 fully saturated rings. The van der Waals surface area contributed by atoms with Crippen molar-refractivity contribution in [3.8, 4) is 0 Å². The van der Waals surface area contributed by atoms with Crippen molar-refractivity contribution in [3.63, 3.8) is 0 Å². The van der Waals surface area contributed by atoms with Gasteiger partial charge >= 0.3 is 12.0 Å². The number of anilines is 1. The molecule has 0 saturated carbocycles. The lowest BCUT2D eigenvalue weighted by Crippen LogP contribution is -2.33. The van der Waals surface area contributed by atoms with Gasteiger partial charge in [0.2, 0.25) is 5.89 Å². The molecule has 0 atom stereocenters. The summed E-state index contributed by atoms with van der Waals surface area (Å²) in [5.74, 6) is -0.307. The van der Waals surface area contributed by atoms with Gasteiger partial charge < -0.3 is 19.7 Å². The van der Waals surface area contributed by atoms with Crippen LogP contribution >= 0.6 is 0 Å². The fourth-order valence-corrected chi connectivity index (χ4v) is 1.91. The molecule has 0 unspecified atom stereocenters. The van der Waals surface area contributed by atoms with Crippen LogP contribution in [0.3, 0.4) is 0 Å². The first-order valence-corrected chi connectivity index (χ1v) is 7.32. The molecular weight excluding hydrogens is 298 g/mol. The smallest absolute Gasteiger partial charge is 0.321 e. The van der Waals surface area contributed by atoms with Gasteiger partial charge in [0, 0.05) is 24.7 Å². The summed E-state index contributed by atoms with van der Waals surface area (Å²) in [5, 5.41) is 11.4. The number of oxazole rings is 1. The minimum Gasteiger partial charge on any atom is -0.481 e. The van der Waals surface area contributed by atoms with Gasteiger partial charge in [-0.2, -0.15) is 0 Å². The first-order valence-electron chi connectivity index (χ1n) is 7.32. The summed E-state index contributed by atoms with van der Waals surface area (Å²) in [6, 6.07) is 4.84. The van der Waals surface area contributed by atoms with Gasteiger partial charge in [0.25, 0.3) is 0 Å².